The minimum Gasteiger partial charge on any atom is -0.380 e. The molecule has 1 unspecified atom stereocenters. The van der Waals surface area contributed by atoms with E-state index in [4.69, 9.17) is 4.74 Å². The van der Waals surface area contributed by atoms with Crippen LogP contribution in [0.25, 0.3) is 0 Å². The van der Waals surface area contributed by atoms with E-state index in [0.29, 0.717) is 12.6 Å². The fourth-order valence-corrected chi connectivity index (χ4v) is 3.35. The molecule has 0 aliphatic heterocycles. The second kappa shape index (κ2) is 5.53. The average molecular weight is 281 g/mol. The van der Waals surface area contributed by atoms with Gasteiger partial charge in [-0.15, -0.1) is 0 Å². The van der Waals surface area contributed by atoms with Gasteiger partial charge in [-0.1, -0.05) is 50.2 Å². The Kier molecular flexibility index (Phi) is 3.73. The first-order valence-corrected chi connectivity index (χ1v) is 7.52. The van der Waals surface area contributed by atoms with Crippen molar-refractivity contribution in [1.29, 1.82) is 0 Å². The van der Waals surface area contributed by atoms with Crippen molar-refractivity contribution in [3.8, 4) is 0 Å². The largest absolute Gasteiger partial charge is 0.380 e. The minimum absolute atomic E-state index is 0.223. The molecule has 21 heavy (non-hydrogen) atoms. The number of methoxy groups -OCH3 is 1. The molecule has 0 amide bonds. The highest BCUT2D eigenvalue weighted by Gasteiger charge is 2.38. The van der Waals surface area contributed by atoms with Gasteiger partial charge in [-0.25, -0.2) is 0 Å². The molecular weight excluding hydrogens is 258 g/mol. The molecule has 3 rings (SSSR count). The van der Waals surface area contributed by atoms with Crippen molar-refractivity contribution in [2.24, 2.45) is 5.41 Å². The zero-order valence-electron chi connectivity index (χ0n) is 13.0. The Morgan fingerprint density at radius 2 is 1.95 bits per heavy atom. The quantitative estimate of drug-likeness (QED) is 0.886. The lowest BCUT2D eigenvalue weighted by molar-refractivity contribution is 0.185. The molecule has 0 saturated carbocycles. The Labute approximate surface area is 127 Å². The smallest absolute Gasteiger partial charge is 0.0713 e. The third-order valence-corrected chi connectivity index (χ3v) is 4.34. The standard InChI is InChI=1S/C19H23NO/c1-19(2)12-15-8-4-5-10-17(15)18(19)20-16-9-6-7-14(11-16)13-21-3/h4-11,18,20H,12-13H2,1-3H3. The molecule has 0 bridgehead atoms. The summed E-state index contributed by atoms with van der Waals surface area (Å²) in [6.45, 7) is 5.33. The van der Waals surface area contributed by atoms with Crippen molar-refractivity contribution in [3.63, 3.8) is 0 Å². The van der Waals surface area contributed by atoms with Crippen molar-refractivity contribution in [3.05, 3.63) is 65.2 Å². The van der Waals surface area contributed by atoms with Gasteiger partial charge in [0.2, 0.25) is 0 Å². The van der Waals surface area contributed by atoms with Gasteiger partial charge in [0.1, 0.15) is 0 Å². The van der Waals surface area contributed by atoms with E-state index in [9.17, 15) is 0 Å². The van der Waals surface area contributed by atoms with Crippen molar-refractivity contribution < 1.29 is 4.74 Å². The van der Waals surface area contributed by atoms with E-state index >= 15 is 0 Å². The van der Waals surface area contributed by atoms with Gasteiger partial charge in [-0.3, -0.25) is 0 Å². The number of fused-ring (bicyclic) bond motifs is 1. The Morgan fingerprint density at radius 3 is 2.76 bits per heavy atom. The molecule has 110 valence electrons. The normalized spacial score (nSPS) is 19.3. The number of ether oxygens (including phenoxy) is 1. The summed E-state index contributed by atoms with van der Waals surface area (Å²) in [5.41, 5.74) is 5.49. The monoisotopic (exact) mass is 281 g/mol. The summed E-state index contributed by atoms with van der Waals surface area (Å²) in [5, 5.41) is 3.73. The molecule has 1 atom stereocenters. The summed E-state index contributed by atoms with van der Waals surface area (Å²) in [6.07, 6.45) is 1.12. The van der Waals surface area contributed by atoms with Gasteiger partial charge in [-0.2, -0.15) is 0 Å². The molecule has 0 heterocycles. The third kappa shape index (κ3) is 2.81. The van der Waals surface area contributed by atoms with Crippen LogP contribution < -0.4 is 5.32 Å². The van der Waals surface area contributed by atoms with Gasteiger partial charge in [0.05, 0.1) is 12.6 Å². The summed E-state index contributed by atoms with van der Waals surface area (Å²) in [5.74, 6) is 0. The highest BCUT2D eigenvalue weighted by atomic mass is 16.5. The molecule has 0 aromatic heterocycles. The summed E-state index contributed by atoms with van der Waals surface area (Å²) in [4.78, 5) is 0. The molecule has 0 saturated heterocycles. The average Bonchev–Trinajstić information content (AvgIpc) is 2.71. The van der Waals surface area contributed by atoms with Crippen LogP contribution in [0.15, 0.2) is 48.5 Å². The highest BCUT2D eigenvalue weighted by Crippen LogP contribution is 2.46. The van der Waals surface area contributed by atoms with E-state index in [2.05, 4.69) is 67.7 Å². The molecule has 1 N–H and O–H groups in total. The fourth-order valence-electron chi connectivity index (χ4n) is 3.35. The summed E-state index contributed by atoms with van der Waals surface area (Å²) in [7, 11) is 1.73. The van der Waals surface area contributed by atoms with Crippen molar-refractivity contribution in [1.82, 2.24) is 0 Å². The van der Waals surface area contributed by atoms with Crippen molar-refractivity contribution >= 4 is 5.69 Å². The number of rotatable bonds is 4. The van der Waals surface area contributed by atoms with Crippen LogP contribution in [0, 0.1) is 5.41 Å². The maximum atomic E-state index is 5.22. The van der Waals surface area contributed by atoms with Gasteiger partial charge in [0.25, 0.3) is 0 Å². The van der Waals surface area contributed by atoms with E-state index in [1.54, 1.807) is 7.11 Å². The Bertz CT molecular complexity index is 633. The highest BCUT2D eigenvalue weighted by molar-refractivity contribution is 5.51. The summed E-state index contributed by atoms with van der Waals surface area (Å²) in [6, 6.07) is 17.6. The van der Waals surface area contributed by atoms with Crippen LogP contribution in [0.4, 0.5) is 5.69 Å². The molecule has 0 radical (unpaired) electrons. The number of hydrogen-bond acceptors (Lipinski definition) is 2. The first-order chi connectivity index (χ1) is 10.1. The first-order valence-electron chi connectivity index (χ1n) is 7.52. The first kappa shape index (κ1) is 14.2. The number of anilines is 1. The van der Waals surface area contributed by atoms with Crippen LogP contribution in [0.5, 0.6) is 0 Å². The Morgan fingerprint density at radius 1 is 1.14 bits per heavy atom. The molecule has 2 aromatic rings. The lowest BCUT2D eigenvalue weighted by Gasteiger charge is -2.29. The molecule has 1 aliphatic rings. The van der Waals surface area contributed by atoms with Crippen LogP contribution in [0.3, 0.4) is 0 Å². The number of nitrogens with one attached hydrogen (secondary N) is 1. The molecule has 2 heteroatoms. The predicted octanol–water partition coefficient (Wildman–Crippen LogP) is 4.57. The van der Waals surface area contributed by atoms with E-state index in [1.807, 2.05) is 0 Å². The lowest BCUT2D eigenvalue weighted by atomic mass is 9.85. The van der Waals surface area contributed by atoms with Crippen LogP contribution >= 0.6 is 0 Å². The molecule has 2 nitrogen and oxygen atoms in total. The zero-order valence-corrected chi connectivity index (χ0v) is 13.0. The Hall–Kier alpha value is -1.80. The van der Waals surface area contributed by atoms with Gasteiger partial charge < -0.3 is 10.1 Å². The number of benzene rings is 2. The van der Waals surface area contributed by atoms with Gasteiger partial charge in [0, 0.05) is 12.8 Å². The van der Waals surface area contributed by atoms with Crippen molar-refractivity contribution in [2.75, 3.05) is 12.4 Å². The molecule has 2 aromatic carbocycles. The second-order valence-electron chi connectivity index (χ2n) is 6.57. The van der Waals surface area contributed by atoms with Crippen molar-refractivity contribution in [2.45, 2.75) is 32.9 Å². The maximum Gasteiger partial charge on any atom is 0.0713 e. The summed E-state index contributed by atoms with van der Waals surface area (Å²) < 4.78 is 5.22. The van der Waals surface area contributed by atoms with E-state index in [0.717, 1.165) is 6.42 Å². The second-order valence-corrected chi connectivity index (χ2v) is 6.57. The molecule has 0 spiro atoms. The topological polar surface area (TPSA) is 21.3 Å². The molecule has 0 fully saturated rings. The van der Waals surface area contributed by atoms with Gasteiger partial charge >= 0.3 is 0 Å². The minimum atomic E-state index is 0.223. The zero-order chi connectivity index (χ0) is 14.9. The van der Waals surface area contributed by atoms with Gasteiger partial charge in [-0.05, 0) is 40.7 Å². The van der Waals surface area contributed by atoms with Crippen LogP contribution in [0.1, 0.15) is 36.6 Å². The number of hydrogen-bond donors (Lipinski definition) is 1. The summed E-state index contributed by atoms with van der Waals surface area (Å²) >= 11 is 0. The van der Waals surface area contributed by atoms with Crippen LogP contribution in [-0.4, -0.2) is 7.11 Å². The van der Waals surface area contributed by atoms with E-state index in [-0.39, 0.29) is 5.41 Å². The Balaban J connectivity index is 1.88. The molecule has 1 aliphatic carbocycles. The van der Waals surface area contributed by atoms with Gasteiger partial charge in [0.15, 0.2) is 0 Å². The maximum absolute atomic E-state index is 5.22. The SMILES string of the molecule is COCc1cccc(NC2c3ccccc3CC2(C)C)c1. The predicted molar refractivity (Wildman–Crippen MR) is 87.4 cm³/mol. The lowest BCUT2D eigenvalue weighted by Crippen LogP contribution is -2.24. The molecular formula is C19H23NO. The third-order valence-electron chi connectivity index (χ3n) is 4.34. The van der Waals surface area contributed by atoms with Crippen LogP contribution in [0.2, 0.25) is 0 Å². The van der Waals surface area contributed by atoms with Crippen LogP contribution in [-0.2, 0) is 17.8 Å². The fraction of sp³-hybridized carbons (Fsp3) is 0.368. The van der Waals surface area contributed by atoms with E-state index < -0.39 is 0 Å². The van der Waals surface area contributed by atoms with E-state index in [1.165, 1.54) is 22.4 Å².